The summed E-state index contributed by atoms with van der Waals surface area (Å²) in [5, 5.41) is 34.5. The molecule has 0 aromatic heterocycles. The summed E-state index contributed by atoms with van der Waals surface area (Å²) < 4.78 is 0. The zero-order valence-corrected chi connectivity index (χ0v) is 15.5. The third-order valence-electron chi connectivity index (χ3n) is 5.35. The van der Waals surface area contributed by atoms with Crippen molar-refractivity contribution in [2.24, 2.45) is 10.8 Å². The minimum atomic E-state index is -0.667. The summed E-state index contributed by atoms with van der Waals surface area (Å²) in [6.07, 6.45) is 7.64. The van der Waals surface area contributed by atoms with Gasteiger partial charge in [-0.3, -0.25) is 4.79 Å². The number of rotatable bonds is 12. The Morgan fingerprint density at radius 3 is 1.35 bits per heavy atom. The van der Waals surface area contributed by atoms with Crippen LogP contribution >= 0.6 is 0 Å². The van der Waals surface area contributed by atoms with Gasteiger partial charge in [-0.15, -0.1) is 0 Å². The first-order valence-corrected chi connectivity index (χ1v) is 8.89. The fourth-order valence-corrected chi connectivity index (χ4v) is 2.54. The standard InChI is InChI=1S/C12H24O2.C6H14O3/c1-4-12(5-2,6-3)10-8-7-9-11(13)14;1-2-6(3-7,4-8)5-9/h4-10H2,1-3H3,(H,13,14);7-9H,2-5H2,1H3. The van der Waals surface area contributed by atoms with Crippen LogP contribution < -0.4 is 0 Å². The molecule has 0 radical (unpaired) electrons. The Labute approximate surface area is 141 Å². The first-order chi connectivity index (χ1) is 10.8. The summed E-state index contributed by atoms with van der Waals surface area (Å²) >= 11 is 0. The SMILES string of the molecule is CCC(CC)(CC)CCCCC(=O)O.CCC(CO)(CO)CO. The van der Waals surface area contributed by atoms with E-state index in [2.05, 4.69) is 20.8 Å². The minimum absolute atomic E-state index is 0.156. The van der Waals surface area contributed by atoms with Crippen LogP contribution in [0.25, 0.3) is 0 Å². The Kier molecular flexibility index (Phi) is 14.7. The highest BCUT2D eigenvalue weighted by Crippen LogP contribution is 2.35. The number of aliphatic carboxylic acids is 1. The van der Waals surface area contributed by atoms with E-state index in [0.717, 1.165) is 12.8 Å². The molecule has 5 heteroatoms. The van der Waals surface area contributed by atoms with Crippen molar-refractivity contribution in [1.82, 2.24) is 0 Å². The first-order valence-electron chi connectivity index (χ1n) is 8.89. The van der Waals surface area contributed by atoms with Crippen LogP contribution in [0, 0.1) is 10.8 Å². The lowest BCUT2D eigenvalue weighted by atomic mass is 9.76. The number of hydrogen-bond donors (Lipinski definition) is 4. The molecule has 0 heterocycles. The maximum atomic E-state index is 10.3. The molecular weight excluding hydrogens is 296 g/mol. The molecule has 0 rings (SSSR count). The molecule has 0 atom stereocenters. The van der Waals surface area contributed by atoms with Gasteiger partial charge in [0.1, 0.15) is 0 Å². The van der Waals surface area contributed by atoms with Crippen LogP contribution in [-0.2, 0) is 4.79 Å². The molecule has 0 unspecified atom stereocenters. The van der Waals surface area contributed by atoms with Crippen LogP contribution in [0.2, 0.25) is 0 Å². The lowest BCUT2D eigenvalue weighted by Gasteiger charge is -2.30. The molecule has 0 aliphatic rings. The topological polar surface area (TPSA) is 98.0 Å². The van der Waals surface area contributed by atoms with Gasteiger partial charge in [0, 0.05) is 11.8 Å². The molecule has 0 bridgehead atoms. The second-order valence-corrected chi connectivity index (χ2v) is 6.49. The Morgan fingerprint density at radius 2 is 1.13 bits per heavy atom. The van der Waals surface area contributed by atoms with Crippen molar-refractivity contribution in [2.75, 3.05) is 19.8 Å². The number of hydrogen-bond acceptors (Lipinski definition) is 4. The quantitative estimate of drug-likeness (QED) is 0.411. The maximum Gasteiger partial charge on any atom is 0.303 e. The summed E-state index contributed by atoms with van der Waals surface area (Å²) in [6.45, 7) is 8.07. The van der Waals surface area contributed by atoms with Crippen molar-refractivity contribution < 1.29 is 25.2 Å². The Morgan fingerprint density at radius 1 is 0.739 bits per heavy atom. The van der Waals surface area contributed by atoms with Crippen molar-refractivity contribution in [2.45, 2.75) is 79.1 Å². The van der Waals surface area contributed by atoms with Gasteiger partial charge in [0.2, 0.25) is 0 Å². The molecule has 0 aliphatic carbocycles. The minimum Gasteiger partial charge on any atom is -0.481 e. The van der Waals surface area contributed by atoms with E-state index >= 15 is 0 Å². The molecular formula is C18H38O5. The van der Waals surface area contributed by atoms with E-state index in [9.17, 15) is 4.79 Å². The van der Waals surface area contributed by atoms with E-state index in [-0.39, 0.29) is 19.8 Å². The van der Waals surface area contributed by atoms with Crippen LogP contribution in [-0.4, -0.2) is 46.2 Å². The predicted octanol–water partition coefficient (Wildman–Crippen LogP) is 3.21. The van der Waals surface area contributed by atoms with Gasteiger partial charge in [-0.05, 0) is 24.7 Å². The van der Waals surface area contributed by atoms with Gasteiger partial charge in [-0.25, -0.2) is 0 Å². The van der Waals surface area contributed by atoms with E-state index in [0.29, 0.717) is 18.3 Å². The number of aliphatic hydroxyl groups excluding tert-OH is 3. The lowest BCUT2D eigenvalue weighted by Crippen LogP contribution is -2.32. The molecule has 0 saturated heterocycles. The van der Waals surface area contributed by atoms with E-state index in [1.54, 1.807) is 0 Å². The van der Waals surface area contributed by atoms with E-state index in [1.807, 2.05) is 6.92 Å². The molecule has 0 saturated carbocycles. The molecule has 4 N–H and O–H groups in total. The van der Waals surface area contributed by atoms with Crippen molar-refractivity contribution in [3.8, 4) is 0 Å². The largest absolute Gasteiger partial charge is 0.481 e. The van der Waals surface area contributed by atoms with E-state index in [1.165, 1.54) is 25.7 Å². The van der Waals surface area contributed by atoms with Gasteiger partial charge >= 0.3 is 5.97 Å². The van der Waals surface area contributed by atoms with E-state index in [4.69, 9.17) is 20.4 Å². The monoisotopic (exact) mass is 334 g/mol. The summed E-state index contributed by atoms with van der Waals surface area (Å²) in [5.41, 5.74) is -0.196. The van der Waals surface area contributed by atoms with E-state index < -0.39 is 11.4 Å². The summed E-state index contributed by atoms with van der Waals surface area (Å²) in [4.78, 5) is 10.3. The highest BCUT2D eigenvalue weighted by molar-refractivity contribution is 5.66. The number of carboxylic acids is 1. The second-order valence-electron chi connectivity index (χ2n) is 6.49. The number of aliphatic hydroxyl groups is 3. The van der Waals surface area contributed by atoms with Gasteiger partial charge in [0.15, 0.2) is 0 Å². The molecule has 23 heavy (non-hydrogen) atoms. The molecule has 0 fully saturated rings. The van der Waals surface area contributed by atoms with Gasteiger partial charge in [0.05, 0.1) is 19.8 Å². The molecule has 0 aliphatic heterocycles. The highest BCUT2D eigenvalue weighted by Gasteiger charge is 2.25. The number of unbranched alkanes of at least 4 members (excludes halogenated alkanes) is 1. The summed E-state index contributed by atoms with van der Waals surface area (Å²) in [5.74, 6) is -0.667. The van der Waals surface area contributed by atoms with Crippen LogP contribution in [0.5, 0.6) is 0 Å². The predicted molar refractivity (Wildman–Crippen MR) is 93.4 cm³/mol. The van der Waals surface area contributed by atoms with Crippen LogP contribution in [0.4, 0.5) is 0 Å². The van der Waals surface area contributed by atoms with Crippen molar-refractivity contribution in [1.29, 1.82) is 0 Å². The third-order valence-corrected chi connectivity index (χ3v) is 5.35. The molecule has 0 aromatic rings. The molecule has 0 aromatic carbocycles. The normalized spacial score (nSPS) is 11.8. The summed E-state index contributed by atoms with van der Waals surface area (Å²) in [7, 11) is 0. The second kappa shape index (κ2) is 13.8. The number of carbonyl (C=O) groups is 1. The zero-order chi connectivity index (χ0) is 18.4. The molecule has 0 amide bonds. The fraction of sp³-hybridized carbons (Fsp3) is 0.944. The first kappa shape index (κ1) is 24.6. The smallest absolute Gasteiger partial charge is 0.303 e. The molecule has 0 spiro atoms. The zero-order valence-electron chi connectivity index (χ0n) is 15.5. The fourth-order valence-electron chi connectivity index (χ4n) is 2.54. The van der Waals surface area contributed by atoms with Gasteiger partial charge in [-0.1, -0.05) is 53.4 Å². The molecule has 5 nitrogen and oxygen atoms in total. The third kappa shape index (κ3) is 9.95. The Balaban J connectivity index is 0. The van der Waals surface area contributed by atoms with Crippen LogP contribution in [0.15, 0.2) is 0 Å². The van der Waals surface area contributed by atoms with Gasteiger partial charge in [0.25, 0.3) is 0 Å². The maximum absolute atomic E-state index is 10.3. The van der Waals surface area contributed by atoms with Crippen molar-refractivity contribution in [3.63, 3.8) is 0 Å². The average Bonchev–Trinajstić information content (AvgIpc) is 2.59. The number of carboxylic acid groups (broad SMARTS) is 1. The highest BCUT2D eigenvalue weighted by atomic mass is 16.4. The summed E-state index contributed by atoms with van der Waals surface area (Å²) in [6, 6.07) is 0. The van der Waals surface area contributed by atoms with Crippen LogP contribution in [0.3, 0.4) is 0 Å². The lowest BCUT2D eigenvalue weighted by molar-refractivity contribution is -0.137. The van der Waals surface area contributed by atoms with Gasteiger partial charge < -0.3 is 20.4 Å². The van der Waals surface area contributed by atoms with Crippen molar-refractivity contribution in [3.05, 3.63) is 0 Å². The molecule has 140 valence electrons. The Hall–Kier alpha value is -0.650. The van der Waals surface area contributed by atoms with Crippen LogP contribution in [0.1, 0.15) is 79.1 Å². The Bertz CT molecular complexity index is 257. The van der Waals surface area contributed by atoms with Crippen molar-refractivity contribution >= 4 is 5.97 Å². The average molecular weight is 334 g/mol. The van der Waals surface area contributed by atoms with Gasteiger partial charge in [-0.2, -0.15) is 0 Å².